The van der Waals surface area contributed by atoms with Crippen LogP contribution in [0.5, 0.6) is 0 Å². The maximum absolute atomic E-state index is 15.0. The normalized spacial score (nSPS) is 24.3. The van der Waals surface area contributed by atoms with Crippen molar-refractivity contribution in [2.24, 2.45) is 16.5 Å². The summed E-state index contributed by atoms with van der Waals surface area (Å²) in [6, 6.07) is 7.17. The molecule has 0 unspecified atom stereocenters. The van der Waals surface area contributed by atoms with Crippen molar-refractivity contribution in [3.63, 3.8) is 0 Å². The Hall–Kier alpha value is -2.56. The summed E-state index contributed by atoms with van der Waals surface area (Å²) in [6.07, 6.45) is 9.78. The van der Waals surface area contributed by atoms with Crippen LogP contribution in [0.4, 0.5) is 8.78 Å². The summed E-state index contributed by atoms with van der Waals surface area (Å²) in [4.78, 5) is 21.1. The Labute approximate surface area is 194 Å². The topological polar surface area (TPSA) is 129 Å². The van der Waals surface area contributed by atoms with Crippen LogP contribution in [-0.4, -0.2) is 71.4 Å². The van der Waals surface area contributed by atoms with Crippen LogP contribution in [0.25, 0.3) is 0 Å². The van der Waals surface area contributed by atoms with E-state index in [0.717, 1.165) is 6.20 Å². The van der Waals surface area contributed by atoms with Gasteiger partial charge >= 0.3 is 0 Å². The number of carbonyl (C=O) groups excluding carboxylic acids is 1. The molecule has 33 heavy (non-hydrogen) atoms. The van der Waals surface area contributed by atoms with E-state index in [9.17, 15) is 13.6 Å². The monoisotopic (exact) mass is 485 g/mol. The van der Waals surface area contributed by atoms with Crippen molar-refractivity contribution in [3.05, 3.63) is 65.0 Å². The van der Waals surface area contributed by atoms with Crippen LogP contribution >= 0.6 is 8.48 Å². The number of aromatic nitrogens is 1. The summed E-state index contributed by atoms with van der Waals surface area (Å²) >= 11 is 0. The minimum Gasteiger partial charge on any atom is -0.412 e. The average Bonchev–Trinajstić information content (AvgIpc) is 2.68. The van der Waals surface area contributed by atoms with E-state index in [1.54, 1.807) is 12.1 Å². The zero-order valence-electron chi connectivity index (χ0n) is 20.4. The van der Waals surface area contributed by atoms with Crippen LogP contribution in [0, 0.1) is 11.6 Å². The highest BCUT2D eigenvalue weighted by molar-refractivity contribution is 8.61. The number of aliphatic imine (C=N–C) groups is 1. The number of ketones is 1. The Balaban J connectivity index is 0.00000177. The van der Waals surface area contributed by atoms with Gasteiger partial charge in [0.2, 0.25) is 0 Å². The molecule has 1 aliphatic rings. The highest BCUT2D eigenvalue weighted by atomic mass is 32.4. The van der Waals surface area contributed by atoms with Crippen molar-refractivity contribution in [2.45, 2.75) is 18.9 Å². The molecule has 1 aromatic carbocycles. The van der Waals surface area contributed by atoms with Gasteiger partial charge in [-0.2, -0.15) is 0 Å². The standard InChI is InChI=1S/C22H30F2N4OS.CH5N.H2O/c1-22(14-30(3,4,5,6)28(2)21(25)27-22)17-11-15(7-9-18(17)24)12-20(29)19-10-8-16(23)13-26-19;1-2;/h7-11,13H,12,14H2,1-6H3,(H2,25,27);2H2,1H3;1H2/t22-;;/m0../s1. The van der Waals surface area contributed by atoms with E-state index in [2.05, 4.69) is 40.7 Å². The molecule has 0 bridgehead atoms. The van der Waals surface area contributed by atoms with Crippen LogP contribution in [0.15, 0.2) is 41.5 Å². The molecule has 0 radical (unpaired) electrons. The molecule has 6 N–H and O–H groups in total. The molecule has 7 nitrogen and oxygen atoms in total. The maximum atomic E-state index is 15.0. The number of benzene rings is 1. The van der Waals surface area contributed by atoms with Gasteiger partial charge in [0, 0.05) is 24.8 Å². The van der Waals surface area contributed by atoms with Crippen LogP contribution in [-0.2, 0) is 12.0 Å². The van der Waals surface area contributed by atoms with Gasteiger partial charge in [-0.15, -0.1) is 0 Å². The minimum absolute atomic E-state index is 0. The number of carbonyl (C=O) groups is 1. The Bertz CT molecular complexity index is 1070. The van der Waals surface area contributed by atoms with E-state index in [0.29, 0.717) is 22.8 Å². The third kappa shape index (κ3) is 5.87. The van der Waals surface area contributed by atoms with Crippen molar-refractivity contribution in [1.29, 1.82) is 0 Å². The number of hydrogen-bond donors (Lipinski definition) is 2. The molecule has 1 atom stereocenters. The lowest BCUT2D eigenvalue weighted by Gasteiger charge is -2.78. The summed E-state index contributed by atoms with van der Waals surface area (Å²) in [7, 11) is 0.590. The number of pyridine rings is 1. The van der Waals surface area contributed by atoms with Gasteiger partial charge in [-0.1, -0.05) is 6.07 Å². The molecule has 2 aromatic rings. The third-order valence-corrected chi connectivity index (χ3v) is 10.5. The highest BCUT2D eigenvalue weighted by Gasteiger charge is 2.55. The van der Waals surface area contributed by atoms with Gasteiger partial charge in [-0.25, -0.2) is 22.3 Å². The fourth-order valence-corrected chi connectivity index (χ4v) is 8.03. The molecule has 0 amide bonds. The quantitative estimate of drug-likeness (QED) is 0.642. The summed E-state index contributed by atoms with van der Waals surface area (Å²) < 4.78 is 30.1. The molecule has 0 spiro atoms. The van der Waals surface area contributed by atoms with E-state index in [-0.39, 0.29) is 29.2 Å². The van der Waals surface area contributed by atoms with E-state index < -0.39 is 19.8 Å². The molecule has 0 saturated carbocycles. The van der Waals surface area contributed by atoms with E-state index in [1.165, 1.54) is 25.2 Å². The Morgan fingerprint density at radius 3 is 2.27 bits per heavy atom. The molecule has 0 fully saturated rings. The first-order chi connectivity index (χ1) is 14.5. The van der Waals surface area contributed by atoms with E-state index in [1.807, 2.05) is 18.3 Å². The van der Waals surface area contributed by atoms with E-state index in [4.69, 9.17) is 5.73 Å². The number of hydrogen-bond acceptors (Lipinski definition) is 6. The van der Waals surface area contributed by atoms with E-state index >= 15 is 0 Å². The van der Waals surface area contributed by atoms with Gasteiger partial charge in [0.1, 0.15) is 17.3 Å². The average molecular weight is 486 g/mol. The first-order valence-electron chi connectivity index (χ1n) is 10.2. The van der Waals surface area contributed by atoms with Crippen LogP contribution < -0.4 is 11.5 Å². The number of halogens is 2. The molecule has 10 heteroatoms. The van der Waals surface area contributed by atoms with Crippen LogP contribution in [0.3, 0.4) is 0 Å². The largest absolute Gasteiger partial charge is 0.412 e. The van der Waals surface area contributed by atoms with Crippen molar-refractivity contribution in [2.75, 3.05) is 44.9 Å². The second kappa shape index (κ2) is 8.66. The molecule has 0 saturated heterocycles. The van der Waals surface area contributed by atoms with Gasteiger partial charge in [-0.05, 0) is 68.8 Å². The summed E-state index contributed by atoms with van der Waals surface area (Å²) in [5.41, 5.74) is 11.1. The number of guanidine groups is 1. The zero-order chi connectivity index (χ0) is 24.6. The molecule has 186 valence electrons. The number of nitrogens with two attached hydrogens (primary N) is 2. The summed E-state index contributed by atoms with van der Waals surface area (Å²) in [5.74, 6) is -0.177. The van der Waals surface area contributed by atoms with Gasteiger partial charge in [-0.3, -0.25) is 9.78 Å². The Morgan fingerprint density at radius 1 is 1.15 bits per heavy atom. The molecular formula is C23H37F2N5O2S. The smallest absolute Gasteiger partial charge is 0.199 e. The maximum Gasteiger partial charge on any atom is 0.199 e. The number of Topliss-reactive ketones (excluding diaryl/α,β-unsaturated/α-hetero) is 1. The first-order valence-corrected chi connectivity index (χ1v) is 14.4. The number of nitrogens with zero attached hydrogens (tertiary/aromatic N) is 3. The van der Waals surface area contributed by atoms with Crippen molar-refractivity contribution >= 4 is 20.2 Å². The fraction of sp³-hybridized carbons (Fsp3) is 0.435. The van der Waals surface area contributed by atoms with Gasteiger partial charge < -0.3 is 21.2 Å². The second-order valence-electron chi connectivity index (χ2n) is 10.6. The van der Waals surface area contributed by atoms with Crippen LogP contribution in [0.1, 0.15) is 28.5 Å². The Morgan fingerprint density at radius 2 is 1.76 bits per heavy atom. The predicted octanol–water partition coefficient (Wildman–Crippen LogP) is 2.32. The van der Waals surface area contributed by atoms with Gasteiger partial charge in [0.25, 0.3) is 0 Å². The molecule has 1 aromatic heterocycles. The minimum atomic E-state index is -2.84. The lowest BCUT2D eigenvalue weighted by atomic mass is 9.91. The summed E-state index contributed by atoms with van der Waals surface area (Å²) in [5, 5.41) is 0. The van der Waals surface area contributed by atoms with Crippen molar-refractivity contribution in [1.82, 2.24) is 9.29 Å². The molecule has 1 aliphatic heterocycles. The molecule has 3 rings (SSSR count). The van der Waals surface area contributed by atoms with Crippen LogP contribution in [0.2, 0.25) is 0 Å². The SMILES string of the molecule is CN.CN1C(N)=N[C@](C)(c2cc(CC(=O)c3ccc(F)cn3)ccc2F)CS1(C)(C)(C)C.O. The Kier molecular flexibility index (Phi) is 7.47. The third-order valence-electron chi connectivity index (χ3n) is 5.88. The molecule has 2 heterocycles. The number of rotatable bonds is 4. The first kappa shape index (κ1) is 28.5. The van der Waals surface area contributed by atoms with Gasteiger partial charge in [0.15, 0.2) is 11.7 Å². The zero-order valence-corrected chi connectivity index (χ0v) is 21.3. The second-order valence-corrected chi connectivity index (χ2v) is 20.4. The lowest BCUT2D eigenvalue weighted by molar-refractivity contribution is 0.0988. The van der Waals surface area contributed by atoms with Crippen molar-refractivity contribution < 1.29 is 19.1 Å². The lowest BCUT2D eigenvalue weighted by Crippen LogP contribution is -2.61. The summed E-state index contributed by atoms with van der Waals surface area (Å²) in [6.45, 7) is 1.89. The predicted molar refractivity (Wildman–Crippen MR) is 135 cm³/mol. The van der Waals surface area contributed by atoms with Gasteiger partial charge in [0.05, 0.1) is 11.7 Å². The fourth-order valence-electron chi connectivity index (χ4n) is 4.19. The van der Waals surface area contributed by atoms with Crippen molar-refractivity contribution in [3.8, 4) is 0 Å². The highest BCUT2D eigenvalue weighted by Crippen LogP contribution is 2.83. The molecule has 0 aliphatic carbocycles. The molecular weight excluding hydrogens is 448 g/mol.